The van der Waals surface area contributed by atoms with Crippen LogP contribution in [0, 0.1) is 11.8 Å². The highest BCUT2D eigenvalue weighted by atomic mass is 35.5. The van der Waals surface area contributed by atoms with Crippen LogP contribution in [-0.2, 0) is 6.42 Å². The Morgan fingerprint density at radius 3 is 2.41 bits per heavy atom. The minimum Gasteiger partial charge on any atom is -0.317 e. The van der Waals surface area contributed by atoms with E-state index in [-0.39, 0.29) is 0 Å². The lowest BCUT2D eigenvalue weighted by molar-refractivity contribution is 0.364. The van der Waals surface area contributed by atoms with E-state index in [2.05, 4.69) is 12.2 Å². The van der Waals surface area contributed by atoms with Crippen LogP contribution in [0.15, 0.2) is 18.2 Å². The maximum Gasteiger partial charge on any atom is 0.0452 e. The van der Waals surface area contributed by atoms with Gasteiger partial charge in [-0.05, 0) is 55.8 Å². The van der Waals surface area contributed by atoms with Crippen LogP contribution in [0.1, 0.15) is 25.3 Å². The summed E-state index contributed by atoms with van der Waals surface area (Å²) in [4.78, 5) is 0. The first-order chi connectivity index (χ1) is 8.13. The summed E-state index contributed by atoms with van der Waals surface area (Å²) in [6.07, 6.45) is 3.51. The van der Waals surface area contributed by atoms with Crippen molar-refractivity contribution >= 4 is 23.2 Å². The van der Waals surface area contributed by atoms with Gasteiger partial charge in [-0.2, -0.15) is 0 Å². The van der Waals surface area contributed by atoms with Crippen LogP contribution in [0.2, 0.25) is 10.0 Å². The highest BCUT2D eigenvalue weighted by molar-refractivity contribution is 6.35. The molecule has 17 heavy (non-hydrogen) atoms. The Bertz CT molecular complexity index is 372. The zero-order valence-electron chi connectivity index (χ0n) is 10.3. The van der Waals surface area contributed by atoms with E-state index in [4.69, 9.17) is 23.2 Å². The van der Waals surface area contributed by atoms with Crippen molar-refractivity contribution in [3.8, 4) is 0 Å². The smallest absolute Gasteiger partial charge is 0.0452 e. The van der Waals surface area contributed by atoms with E-state index in [1.165, 1.54) is 12.8 Å². The molecule has 3 atom stereocenters. The maximum absolute atomic E-state index is 6.23. The van der Waals surface area contributed by atoms with Crippen molar-refractivity contribution in [1.82, 2.24) is 5.32 Å². The minimum atomic E-state index is 0.640. The third-order valence-electron chi connectivity index (χ3n) is 4.13. The second kappa shape index (κ2) is 5.60. The van der Waals surface area contributed by atoms with Crippen LogP contribution in [0.25, 0.3) is 0 Å². The lowest BCUT2D eigenvalue weighted by Gasteiger charge is -2.21. The lowest BCUT2D eigenvalue weighted by Crippen LogP contribution is -2.29. The molecular formula is C14H19Cl2N. The van der Waals surface area contributed by atoms with Gasteiger partial charge in [0.15, 0.2) is 0 Å². The van der Waals surface area contributed by atoms with Crippen LogP contribution in [0.4, 0.5) is 0 Å². The Hall–Kier alpha value is -0.240. The summed E-state index contributed by atoms with van der Waals surface area (Å²) >= 11 is 12.5. The Labute approximate surface area is 114 Å². The van der Waals surface area contributed by atoms with Crippen LogP contribution in [-0.4, -0.2) is 13.1 Å². The molecule has 0 aromatic heterocycles. The SMILES string of the molecule is CNC1CCC(Cc2c(Cl)cccc2Cl)C1C. The summed E-state index contributed by atoms with van der Waals surface area (Å²) in [6.45, 7) is 2.32. The van der Waals surface area contributed by atoms with Gasteiger partial charge in [0.1, 0.15) is 0 Å². The summed E-state index contributed by atoms with van der Waals surface area (Å²) < 4.78 is 0. The number of hydrogen-bond acceptors (Lipinski definition) is 1. The first kappa shape index (κ1) is 13.2. The van der Waals surface area contributed by atoms with Gasteiger partial charge in [0.05, 0.1) is 0 Å². The Kier molecular flexibility index (Phi) is 4.35. The molecular weight excluding hydrogens is 253 g/mol. The van der Waals surface area contributed by atoms with Crippen LogP contribution in [0.5, 0.6) is 0 Å². The third kappa shape index (κ3) is 2.78. The molecule has 1 N–H and O–H groups in total. The predicted molar refractivity (Wildman–Crippen MR) is 74.9 cm³/mol. The van der Waals surface area contributed by atoms with Crippen molar-refractivity contribution < 1.29 is 0 Å². The zero-order valence-corrected chi connectivity index (χ0v) is 11.9. The molecule has 0 spiro atoms. The zero-order chi connectivity index (χ0) is 12.4. The first-order valence-electron chi connectivity index (χ1n) is 6.23. The highest BCUT2D eigenvalue weighted by Gasteiger charge is 2.32. The number of halogens is 2. The molecule has 1 aromatic rings. The quantitative estimate of drug-likeness (QED) is 0.870. The minimum absolute atomic E-state index is 0.640. The summed E-state index contributed by atoms with van der Waals surface area (Å²) in [7, 11) is 2.05. The predicted octanol–water partition coefficient (Wildman–Crippen LogP) is 4.17. The van der Waals surface area contributed by atoms with Gasteiger partial charge in [0.25, 0.3) is 0 Å². The van der Waals surface area contributed by atoms with Gasteiger partial charge in [-0.1, -0.05) is 36.2 Å². The van der Waals surface area contributed by atoms with E-state index >= 15 is 0 Å². The molecule has 0 bridgehead atoms. The van der Waals surface area contributed by atoms with E-state index in [9.17, 15) is 0 Å². The lowest BCUT2D eigenvalue weighted by atomic mass is 9.89. The van der Waals surface area contributed by atoms with E-state index < -0.39 is 0 Å². The molecule has 3 unspecified atom stereocenters. The topological polar surface area (TPSA) is 12.0 Å². The normalized spacial score (nSPS) is 28.6. The van der Waals surface area contributed by atoms with Gasteiger partial charge < -0.3 is 5.32 Å². The summed E-state index contributed by atoms with van der Waals surface area (Å²) in [5, 5.41) is 5.00. The molecule has 0 saturated heterocycles. The fourth-order valence-electron chi connectivity index (χ4n) is 2.93. The van der Waals surface area contributed by atoms with E-state index in [0.29, 0.717) is 17.9 Å². The molecule has 1 saturated carbocycles. The average Bonchev–Trinajstić information content (AvgIpc) is 2.65. The van der Waals surface area contributed by atoms with Crippen LogP contribution < -0.4 is 5.32 Å². The average molecular weight is 272 g/mol. The van der Waals surface area contributed by atoms with Crippen molar-refractivity contribution in [2.45, 2.75) is 32.2 Å². The molecule has 1 nitrogen and oxygen atoms in total. The van der Waals surface area contributed by atoms with Crippen molar-refractivity contribution in [2.75, 3.05) is 7.05 Å². The molecule has 0 heterocycles. The van der Waals surface area contributed by atoms with Crippen LogP contribution >= 0.6 is 23.2 Å². The Balaban J connectivity index is 2.12. The highest BCUT2D eigenvalue weighted by Crippen LogP contribution is 2.37. The van der Waals surface area contributed by atoms with Crippen molar-refractivity contribution in [3.05, 3.63) is 33.8 Å². The molecule has 0 amide bonds. The fraction of sp³-hybridized carbons (Fsp3) is 0.571. The molecule has 0 aliphatic heterocycles. The van der Waals surface area contributed by atoms with E-state index in [1.54, 1.807) is 0 Å². The summed E-state index contributed by atoms with van der Waals surface area (Å²) in [6, 6.07) is 6.40. The van der Waals surface area contributed by atoms with Crippen LogP contribution in [0.3, 0.4) is 0 Å². The van der Waals surface area contributed by atoms with Crippen molar-refractivity contribution in [1.29, 1.82) is 0 Å². The fourth-order valence-corrected chi connectivity index (χ4v) is 3.48. The molecule has 94 valence electrons. The molecule has 1 aromatic carbocycles. The van der Waals surface area contributed by atoms with Gasteiger partial charge in [-0.3, -0.25) is 0 Å². The van der Waals surface area contributed by atoms with Crippen molar-refractivity contribution in [2.24, 2.45) is 11.8 Å². The molecule has 1 fully saturated rings. The standard InChI is InChI=1S/C14H19Cl2N/c1-9-10(6-7-14(9)17-2)8-11-12(15)4-3-5-13(11)16/h3-5,9-10,14,17H,6-8H2,1-2H3. The van der Waals surface area contributed by atoms with Gasteiger partial charge in [-0.25, -0.2) is 0 Å². The second-order valence-electron chi connectivity index (χ2n) is 5.00. The number of rotatable bonds is 3. The van der Waals surface area contributed by atoms with Gasteiger partial charge in [0.2, 0.25) is 0 Å². The van der Waals surface area contributed by atoms with Gasteiger partial charge >= 0.3 is 0 Å². The maximum atomic E-state index is 6.23. The molecule has 2 rings (SSSR count). The second-order valence-corrected chi connectivity index (χ2v) is 5.81. The first-order valence-corrected chi connectivity index (χ1v) is 6.99. The van der Waals surface area contributed by atoms with Gasteiger partial charge in [0, 0.05) is 16.1 Å². The van der Waals surface area contributed by atoms with E-state index in [0.717, 1.165) is 22.0 Å². The Morgan fingerprint density at radius 1 is 1.24 bits per heavy atom. The van der Waals surface area contributed by atoms with Crippen molar-refractivity contribution in [3.63, 3.8) is 0 Å². The molecule has 1 aliphatic carbocycles. The molecule has 0 radical (unpaired) electrons. The van der Waals surface area contributed by atoms with Gasteiger partial charge in [-0.15, -0.1) is 0 Å². The summed E-state index contributed by atoms with van der Waals surface area (Å²) in [5.41, 5.74) is 1.12. The van der Waals surface area contributed by atoms with E-state index in [1.807, 2.05) is 25.2 Å². The number of nitrogens with one attached hydrogen (secondary N) is 1. The Morgan fingerprint density at radius 2 is 1.88 bits per heavy atom. The largest absolute Gasteiger partial charge is 0.317 e. The number of benzene rings is 1. The monoisotopic (exact) mass is 271 g/mol. The molecule has 3 heteroatoms. The third-order valence-corrected chi connectivity index (χ3v) is 4.83. The number of hydrogen-bond donors (Lipinski definition) is 1. The summed E-state index contributed by atoms with van der Waals surface area (Å²) in [5.74, 6) is 1.37. The molecule has 1 aliphatic rings.